The Morgan fingerprint density at radius 1 is 1.15 bits per heavy atom. The summed E-state index contributed by atoms with van der Waals surface area (Å²) in [6.07, 6.45) is 0. The molecule has 102 valence electrons. The number of aliphatic imine (C=N–C) groups is 1. The monoisotopic (exact) mass is 286 g/mol. The van der Waals surface area contributed by atoms with Gasteiger partial charge in [-0.2, -0.15) is 0 Å². The summed E-state index contributed by atoms with van der Waals surface area (Å²) in [6.45, 7) is 3.46. The zero-order chi connectivity index (χ0) is 13.5. The van der Waals surface area contributed by atoms with Gasteiger partial charge in [0.15, 0.2) is 0 Å². The molecule has 0 aromatic heterocycles. The van der Waals surface area contributed by atoms with E-state index in [1.165, 1.54) is 16.5 Å². The number of hydrogen-bond donors (Lipinski definition) is 2. The number of benzene rings is 2. The first-order valence-electron chi connectivity index (χ1n) is 6.80. The van der Waals surface area contributed by atoms with Crippen LogP contribution in [0.1, 0.15) is 11.1 Å². The van der Waals surface area contributed by atoms with Gasteiger partial charge in [-0.15, -0.1) is 0 Å². The van der Waals surface area contributed by atoms with E-state index in [0.717, 1.165) is 42.5 Å². The topological polar surface area (TPSA) is 39.7 Å². The highest BCUT2D eigenvalue weighted by molar-refractivity contribution is 6.35. The third-order valence-electron chi connectivity index (χ3n) is 3.82. The van der Waals surface area contributed by atoms with Gasteiger partial charge in [0.05, 0.1) is 6.54 Å². The molecule has 2 aromatic carbocycles. The molecule has 2 aliphatic rings. The van der Waals surface area contributed by atoms with E-state index >= 15 is 0 Å². The van der Waals surface area contributed by atoms with Gasteiger partial charge in [0.2, 0.25) is 5.96 Å². The predicted molar refractivity (Wildman–Crippen MR) is 81.6 cm³/mol. The summed E-state index contributed by atoms with van der Waals surface area (Å²) in [5.74, 6) is 0.870. The second-order valence-corrected chi connectivity index (χ2v) is 5.58. The molecule has 2 aromatic rings. The Morgan fingerprint density at radius 2 is 2.00 bits per heavy atom. The van der Waals surface area contributed by atoms with Crippen LogP contribution < -0.4 is 10.7 Å². The molecule has 4 rings (SSSR count). The summed E-state index contributed by atoms with van der Waals surface area (Å²) >= 11 is 6.30. The highest BCUT2D eigenvalue weighted by atomic mass is 35.5. The minimum absolute atomic E-state index is 0.828. The lowest BCUT2D eigenvalue weighted by Crippen LogP contribution is -2.46. The molecule has 0 aliphatic carbocycles. The normalized spacial score (nSPS) is 17.9. The van der Waals surface area contributed by atoms with Crippen LogP contribution in [0.3, 0.4) is 0 Å². The van der Waals surface area contributed by atoms with Crippen molar-refractivity contribution < 1.29 is 0 Å². The first kappa shape index (κ1) is 12.0. The summed E-state index contributed by atoms with van der Waals surface area (Å²) < 4.78 is 0. The van der Waals surface area contributed by atoms with E-state index in [4.69, 9.17) is 11.6 Å². The second kappa shape index (κ2) is 4.65. The van der Waals surface area contributed by atoms with E-state index in [0.29, 0.717) is 0 Å². The van der Waals surface area contributed by atoms with E-state index in [-0.39, 0.29) is 0 Å². The standard InChI is InChI=1S/C15H15ClN4/c16-13-5-4-11-9-20(19-15-17-6-7-18-15)8-10-2-1-3-12(13)14(10)11/h1-5H,6-9H2,(H2,17,18,19). The zero-order valence-electron chi connectivity index (χ0n) is 11.0. The van der Waals surface area contributed by atoms with Crippen molar-refractivity contribution in [2.75, 3.05) is 13.1 Å². The molecule has 0 atom stereocenters. The Bertz CT molecular complexity index is 698. The van der Waals surface area contributed by atoms with Crippen molar-refractivity contribution >= 4 is 28.3 Å². The van der Waals surface area contributed by atoms with Gasteiger partial charge in [-0.1, -0.05) is 35.9 Å². The predicted octanol–water partition coefficient (Wildman–Crippen LogP) is 2.27. The fourth-order valence-electron chi connectivity index (χ4n) is 2.96. The van der Waals surface area contributed by atoms with E-state index in [1.54, 1.807) is 0 Å². The number of halogens is 1. The molecule has 0 amide bonds. The van der Waals surface area contributed by atoms with E-state index in [1.807, 2.05) is 6.07 Å². The van der Waals surface area contributed by atoms with Crippen molar-refractivity contribution in [3.8, 4) is 0 Å². The first-order valence-corrected chi connectivity index (χ1v) is 7.18. The average Bonchev–Trinajstić information content (AvgIpc) is 2.95. The third-order valence-corrected chi connectivity index (χ3v) is 4.15. The van der Waals surface area contributed by atoms with Crippen LogP contribution in [0.2, 0.25) is 5.02 Å². The molecule has 0 bridgehead atoms. The third kappa shape index (κ3) is 1.92. The Kier molecular flexibility index (Phi) is 2.79. The van der Waals surface area contributed by atoms with Gasteiger partial charge in [0.1, 0.15) is 0 Å². The van der Waals surface area contributed by atoms with Crippen LogP contribution in [-0.2, 0) is 13.1 Å². The maximum absolute atomic E-state index is 6.30. The summed E-state index contributed by atoms with van der Waals surface area (Å²) in [7, 11) is 0. The van der Waals surface area contributed by atoms with Gasteiger partial charge in [-0.05, 0) is 22.6 Å². The highest BCUT2D eigenvalue weighted by Crippen LogP contribution is 2.33. The van der Waals surface area contributed by atoms with E-state index in [9.17, 15) is 0 Å². The highest BCUT2D eigenvalue weighted by Gasteiger charge is 2.20. The van der Waals surface area contributed by atoms with Crippen molar-refractivity contribution in [2.24, 2.45) is 4.99 Å². The van der Waals surface area contributed by atoms with E-state index < -0.39 is 0 Å². The number of hydrogen-bond acceptors (Lipinski definition) is 4. The van der Waals surface area contributed by atoms with Crippen LogP contribution in [0.25, 0.3) is 10.8 Å². The minimum atomic E-state index is 0.828. The molecule has 5 heteroatoms. The number of rotatable bonds is 1. The van der Waals surface area contributed by atoms with Crippen LogP contribution in [-0.4, -0.2) is 24.1 Å². The Morgan fingerprint density at radius 3 is 2.80 bits per heavy atom. The molecule has 0 spiro atoms. The summed E-state index contributed by atoms with van der Waals surface area (Å²) in [5.41, 5.74) is 5.96. The molecule has 0 fully saturated rings. The van der Waals surface area contributed by atoms with Crippen LogP contribution >= 0.6 is 11.6 Å². The number of nitrogens with one attached hydrogen (secondary N) is 2. The quantitative estimate of drug-likeness (QED) is 0.845. The number of hydrazine groups is 1. The average molecular weight is 287 g/mol. The molecule has 0 saturated carbocycles. The molecule has 20 heavy (non-hydrogen) atoms. The first-order chi connectivity index (χ1) is 9.81. The molecule has 2 aliphatic heterocycles. The van der Waals surface area contributed by atoms with Crippen LogP contribution in [0, 0.1) is 0 Å². The second-order valence-electron chi connectivity index (χ2n) is 5.17. The van der Waals surface area contributed by atoms with Gasteiger partial charge in [-0.3, -0.25) is 10.4 Å². The largest absolute Gasteiger partial charge is 0.353 e. The fourth-order valence-corrected chi connectivity index (χ4v) is 3.18. The molecule has 0 saturated heterocycles. The van der Waals surface area contributed by atoms with Gasteiger partial charge < -0.3 is 5.32 Å². The molecule has 4 nitrogen and oxygen atoms in total. The molecule has 2 heterocycles. The SMILES string of the molecule is Clc1ccc2c3c(cccc13)CN(NC1=NCCN1)C2. The van der Waals surface area contributed by atoms with E-state index in [2.05, 4.69) is 45.0 Å². The van der Waals surface area contributed by atoms with Crippen molar-refractivity contribution in [1.82, 2.24) is 15.8 Å². The van der Waals surface area contributed by atoms with Crippen LogP contribution in [0.4, 0.5) is 0 Å². The molecule has 2 N–H and O–H groups in total. The van der Waals surface area contributed by atoms with Crippen molar-refractivity contribution in [3.05, 3.63) is 46.5 Å². The van der Waals surface area contributed by atoms with Gasteiger partial charge in [0.25, 0.3) is 0 Å². The summed E-state index contributed by atoms with van der Waals surface area (Å²) in [6, 6.07) is 10.4. The van der Waals surface area contributed by atoms with Gasteiger partial charge in [-0.25, -0.2) is 5.01 Å². The summed E-state index contributed by atoms with van der Waals surface area (Å²) in [5, 5.41) is 8.70. The maximum atomic E-state index is 6.30. The van der Waals surface area contributed by atoms with Gasteiger partial charge in [0, 0.05) is 30.0 Å². The van der Waals surface area contributed by atoms with Crippen LogP contribution in [0.5, 0.6) is 0 Å². The zero-order valence-corrected chi connectivity index (χ0v) is 11.7. The number of guanidine groups is 1. The Hall–Kier alpha value is -1.78. The lowest BCUT2D eigenvalue weighted by molar-refractivity contribution is 0.210. The number of nitrogens with zero attached hydrogens (tertiary/aromatic N) is 2. The smallest absolute Gasteiger partial charge is 0.206 e. The van der Waals surface area contributed by atoms with Crippen LogP contribution in [0.15, 0.2) is 35.3 Å². The molecule has 0 radical (unpaired) electrons. The van der Waals surface area contributed by atoms with Gasteiger partial charge >= 0.3 is 0 Å². The minimum Gasteiger partial charge on any atom is -0.353 e. The summed E-state index contributed by atoms with van der Waals surface area (Å²) in [4.78, 5) is 4.38. The maximum Gasteiger partial charge on any atom is 0.206 e. The Labute approximate surface area is 122 Å². The molecule has 0 unspecified atom stereocenters. The lowest BCUT2D eigenvalue weighted by atomic mass is 9.96. The van der Waals surface area contributed by atoms with Crippen molar-refractivity contribution in [3.63, 3.8) is 0 Å². The van der Waals surface area contributed by atoms with Crippen molar-refractivity contribution in [1.29, 1.82) is 0 Å². The van der Waals surface area contributed by atoms with Crippen molar-refractivity contribution in [2.45, 2.75) is 13.1 Å². The lowest BCUT2D eigenvalue weighted by Gasteiger charge is -2.30. The molecular weight excluding hydrogens is 272 g/mol. The Balaban J connectivity index is 1.71. The fraction of sp³-hybridized carbons (Fsp3) is 0.267. The molecular formula is C15H15ClN4.